The lowest BCUT2D eigenvalue weighted by atomic mass is 10.00. The van der Waals surface area contributed by atoms with Gasteiger partial charge in [0.15, 0.2) is 12.2 Å². The van der Waals surface area contributed by atoms with Crippen LogP contribution in [-0.4, -0.2) is 96.7 Å². The number of phosphoric ester groups is 2. The first kappa shape index (κ1) is 107. The largest absolute Gasteiger partial charge is 0.472 e. The lowest BCUT2D eigenvalue weighted by molar-refractivity contribution is -0.161. The van der Waals surface area contributed by atoms with Gasteiger partial charge in [0.2, 0.25) is 0 Å². The lowest BCUT2D eigenvalue weighted by Crippen LogP contribution is -2.30. The van der Waals surface area contributed by atoms with Crippen LogP contribution >= 0.6 is 15.6 Å². The molecule has 3 unspecified atom stereocenters. The minimum atomic E-state index is -4.97. The molecule has 0 amide bonds. The lowest BCUT2D eigenvalue weighted by Gasteiger charge is -2.21. The van der Waals surface area contributed by atoms with Gasteiger partial charge in [-0.15, -0.1) is 0 Å². The highest BCUT2D eigenvalue weighted by Gasteiger charge is 2.31. The fraction of sp³-hybridized carbons (Fsp3) is 0.956. The summed E-state index contributed by atoms with van der Waals surface area (Å²) in [4.78, 5) is 73.3. The van der Waals surface area contributed by atoms with Crippen molar-refractivity contribution in [2.24, 2.45) is 5.92 Å². The van der Waals surface area contributed by atoms with Gasteiger partial charge in [0.05, 0.1) is 26.4 Å². The van der Waals surface area contributed by atoms with Crippen molar-refractivity contribution >= 4 is 39.5 Å². The molecule has 0 aliphatic carbocycles. The Morgan fingerprint density at radius 2 is 0.440 bits per heavy atom. The molecule has 17 nitrogen and oxygen atoms in total. The third-order valence-corrected chi connectivity index (χ3v) is 23.5. The summed E-state index contributed by atoms with van der Waals surface area (Å²) in [6, 6.07) is 0. The Kier molecular flexibility index (Phi) is 81.1. The van der Waals surface area contributed by atoms with E-state index in [0.29, 0.717) is 25.7 Å². The van der Waals surface area contributed by atoms with E-state index in [2.05, 4.69) is 34.6 Å². The molecule has 3 N–H and O–H groups in total. The van der Waals surface area contributed by atoms with Crippen molar-refractivity contribution in [2.45, 2.75) is 509 Å². The molecule has 0 saturated carbocycles. The van der Waals surface area contributed by atoms with E-state index in [1.165, 1.54) is 308 Å². The van der Waals surface area contributed by atoms with Gasteiger partial charge in [0.25, 0.3) is 0 Å². The molecule has 19 heteroatoms. The minimum absolute atomic E-state index is 0.108. The molecular weight excluding hydrogens is 1410 g/mol. The van der Waals surface area contributed by atoms with Crippen molar-refractivity contribution in [1.82, 2.24) is 0 Å². The minimum Gasteiger partial charge on any atom is -0.462 e. The van der Waals surface area contributed by atoms with Crippen molar-refractivity contribution in [3.05, 3.63) is 0 Å². The number of unbranched alkanes of at least 4 members (excludes halogenated alkanes) is 61. The maximum Gasteiger partial charge on any atom is 0.472 e. The van der Waals surface area contributed by atoms with Crippen molar-refractivity contribution in [3.63, 3.8) is 0 Å². The van der Waals surface area contributed by atoms with E-state index in [4.69, 9.17) is 37.0 Å². The predicted molar refractivity (Wildman–Crippen MR) is 451 cm³/mol. The number of ether oxygens (including phenoxy) is 4. The summed E-state index contributed by atoms with van der Waals surface area (Å²) in [7, 11) is -9.93. The van der Waals surface area contributed by atoms with E-state index in [0.717, 1.165) is 102 Å². The molecule has 648 valence electrons. The Labute approximate surface area is 670 Å². The zero-order chi connectivity index (χ0) is 79.7. The van der Waals surface area contributed by atoms with Gasteiger partial charge in [0, 0.05) is 25.7 Å². The van der Waals surface area contributed by atoms with Gasteiger partial charge in [-0.2, -0.15) is 0 Å². The second-order valence-electron chi connectivity index (χ2n) is 32.6. The van der Waals surface area contributed by atoms with Gasteiger partial charge in [-0.1, -0.05) is 439 Å². The topological polar surface area (TPSA) is 237 Å². The first-order chi connectivity index (χ1) is 53.1. The van der Waals surface area contributed by atoms with Crippen LogP contribution in [0.5, 0.6) is 0 Å². The maximum absolute atomic E-state index is 13.2. The van der Waals surface area contributed by atoms with E-state index in [-0.39, 0.29) is 25.7 Å². The van der Waals surface area contributed by atoms with Crippen LogP contribution in [0.1, 0.15) is 490 Å². The Bertz CT molecular complexity index is 2070. The number of carbonyl (C=O) groups is 4. The maximum atomic E-state index is 13.2. The first-order valence-corrected chi connectivity index (χ1v) is 49.7. The number of hydrogen-bond donors (Lipinski definition) is 3. The van der Waals surface area contributed by atoms with E-state index in [1.807, 2.05) is 0 Å². The van der Waals surface area contributed by atoms with Gasteiger partial charge in [-0.25, -0.2) is 9.13 Å². The van der Waals surface area contributed by atoms with Gasteiger partial charge >= 0.3 is 39.5 Å². The predicted octanol–water partition coefficient (Wildman–Crippen LogP) is 27.9. The van der Waals surface area contributed by atoms with Gasteiger partial charge < -0.3 is 33.8 Å². The third kappa shape index (κ3) is 82.4. The summed E-state index contributed by atoms with van der Waals surface area (Å²) in [5, 5.41) is 10.7. The summed E-state index contributed by atoms with van der Waals surface area (Å²) in [5.74, 6) is -1.37. The molecule has 0 aliphatic rings. The first-order valence-electron chi connectivity index (χ1n) is 46.7. The Morgan fingerprint density at radius 3 is 0.651 bits per heavy atom. The highest BCUT2D eigenvalue weighted by molar-refractivity contribution is 7.47. The molecule has 0 heterocycles. The van der Waals surface area contributed by atoms with E-state index >= 15 is 0 Å². The molecule has 0 saturated heterocycles. The zero-order valence-corrected chi connectivity index (χ0v) is 73.5. The van der Waals surface area contributed by atoms with E-state index in [9.17, 15) is 43.2 Å². The summed E-state index contributed by atoms with van der Waals surface area (Å²) in [5.41, 5.74) is 0. The Hall–Kier alpha value is -1.94. The summed E-state index contributed by atoms with van der Waals surface area (Å²) >= 11 is 0. The number of aliphatic hydroxyl groups is 1. The van der Waals surface area contributed by atoms with Crippen LogP contribution in [0.25, 0.3) is 0 Å². The summed E-state index contributed by atoms with van der Waals surface area (Å²) < 4.78 is 69.0. The monoisotopic (exact) mass is 1590 g/mol. The zero-order valence-electron chi connectivity index (χ0n) is 71.7. The van der Waals surface area contributed by atoms with Crippen LogP contribution in [0.4, 0.5) is 0 Å². The van der Waals surface area contributed by atoms with Crippen LogP contribution in [0, 0.1) is 5.92 Å². The highest BCUT2D eigenvalue weighted by atomic mass is 31.2. The molecule has 0 aromatic rings. The number of phosphoric acid groups is 2. The van der Waals surface area contributed by atoms with Crippen molar-refractivity contribution < 1.29 is 80.2 Å². The highest BCUT2D eigenvalue weighted by Crippen LogP contribution is 2.45. The van der Waals surface area contributed by atoms with Gasteiger partial charge in [-0.3, -0.25) is 37.3 Å². The molecule has 0 radical (unpaired) electrons. The normalized spacial score (nSPS) is 13.9. The molecule has 0 bridgehead atoms. The quantitative estimate of drug-likeness (QED) is 0.0222. The summed E-state index contributed by atoms with van der Waals surface area (Å²) in [6.45, 7) is 7.35. The average Bonchev–Trinajstić information content (AvgIpc) is 0.900. The smallest absolute Gasteiger partial charge is 0.462 e. The average molecular weight is 1590 g/mol. The Morgan fingerprint density at radius 1 is 0.257 bits per heavy atom. The molecule has 6 atom stereocenters. The molecule has 0 fully saturated rings. The van der Waals surface area contributed by atoms with Gasteiger partial charge in [-0.05, 0) is 31.6 Å². The van der Waals surface area contributed by atoms with Crippen LogP contribution in [0.2, 0.25) is 0 Å². The van der Waals surface area contributed by atoms with E-state index in [1.54, 1.807) is 0 Å². The molecule has 0 aliphatic heterocycles. The fourth-order valence-electron chi connectivity index (χ4n) is 14.1. The second-order valence-corrected chi connectivity index (χ2v) is 35.5. The van der Waals surface area contributed by atoms with Crippen LogP contribution in [-0.2, 0) is 65.4 Å². The molecule has 0 aromatic heterocycles. The standard InChI is InChI=1S/C90H176O17P2/c1-6-10-13-16-19-22-25-28-31-34-37-38-39-41-44-47-50-53-56-59-66-70-75-89(94)106-85(79-100-87(92)73-68-63-57-54-51-48-45-43-40-35-32-29-26-23-20-17-14-11-7-2)81-104-108(96,97)102-77-84(91)78-103-109(98,99)105-82-86(80-101-88(93)74-69-64-61-60-62-67-72-83(5)9-4)107-90(95)76-71-65-58-55-52-49-46-42-36-33-30-27-24-21-18-15-12-8-3/h83-86,91H,6-82H2,1-5H3,(H,96,97)(H,98,99)/t83?,84-,85-,86-/m1/s1. The molecule has 109 heavy (non-hydrogen) atoms. The molecule has 0 aromatic carbocycles. The number of aliphatic hydroxyl groups excluding tert-OH is 1. The number of hydrogen-bond acceptors (Lipinski definition) is 15. The number of carbonyl (C=O) groups excluding carboxylic acids is 4. The Balaban J connectivity index is 5.21. The molecular formula is C90H176O17P2. The van der Waals surface area contributed by atoms with Crippen LogP contribution < -0.4 is 0 Å². The van der Waals surface area contributed by atoms with Crippen molar-refractivity contribution in [2.75, 3.05) is 39.6 Å². The van der Waals surface area contributed by atoms with E-state index < -0.39 is 97.5 Å². The SMILES string of the molecule is CCCCCCCCCCCCCCCCCCCCCCCCC(=O)O[C@H](COC(=O)CCCCCCCCCCCCCCCCCCCCC)COP(=O)(O)OC[C@@H](O)COP(=O)(O)OC[C@@H](COC(=O)CCCCCCCCC(C)CC)OC(=O)CCCCCCCCCCCCCCCCCCCC. The number of rotatable bonds is 90. The second kappa shape index (κ2) is 82.6. The van der Waals surface area contributed by atoms with Crippen molar-refractivity contribution in [1.29, 1.82) is 0 Å². The number of esters is 4. The van der Waals surface area contributed by atoms with Crippen LogP contribution in [0.3, 0.4) is 0 Å². The molecule has 0 rings (SSSR count). The van der Waals surface area contributed by atoms with Gasteiger partial charge in [0.1, 0.15) is 19.3 Å². The third-order valence-electron chi connectivity index (χ3n) is 21.6. The molecule has 0 spiro atoms. The van der Waals surface area contributed by atoms with Crippen LogP contribution in [0.15, 0.2) is 0 Å². The summed E-state index contributed by atoms with van der Waals surface area (Å²) in [6.07, 6.45) is 78.0. The van der Waals surface area contributed by atoms with Crippen molar-refractivity contribution in [3.8, 4) is 0 Å². The fourth-order valence-corrected chi connectivity index (χ4v) is 15.7.